The lowest BCUT2D eigenvalue weighted by Gasteiger charge is -2.17. The second kappa shape index (κ2) is 6.48. The van der Waals surface area contributed by atoms with E-state index in [1.54, 1.807) is 0 Å². The van der Waals surface area contributed by atoms with Crippen LogP contribution in [0.1, 0.15) is 26.2 Å². The standard InChI is InChI=1S/C12H11F8N/c1-5(3-2-4-12(18,19)20)21-11-9(16)7(14)6(13)8(15)10(11)17/h5,21H,2-4H2,1H3. The van der Waals surface area contributed by atoms with Gasteiger partial charge in [0.2, 0.25) is 5.82 Å². The van der Waals surface area contributed by atoms with Crippen molar-refractivity contribution in [1.29, 1.82) is 0 Å². The second-order valence-corrected chi connectivity index (χ2v) is 4.50. The van der Waals surface area contributed by atoms with Crippen molar-refractivity contribution in [1.82, 2.24) is 0 Å². The van der Waals surface area contributed by atoms with Crippen LogP contribution in [-0.4, -0.2) is 12.2 Å². The number of hydrogen-bond acceptors (Lipinski definition) is 1. The van der Waals surface area contributed by atoms with E-state index < -0.39 is 53.4 Å². The molecule has 9 heteroatoms. The molecule has 0 aromatic heterocycles. The van der Waals surface area contributed by atoms with Gasteiger partial charge in [0, 0.05) is 12.5 Å². The van der Waals surface area contributed by atoms with Gasteiger partial charge >= 0.3 is 6.18 Å². The van der Waals surface area contributed by atoms with Crippen molar-refractivity contribution < 1.29 is 35.1 Å². The van der Waals surface area contributed by atoms with E-state index in [0.29, 0.717) is 0 Å². The van der Waals surface area contributed by atoms with E-state index in [1.807, 2.05) is 5.32 Å². The van der Waals surface area contributed by atoms with Crippen molar-refractivity contribution in [2.24, 2.45) is 0 Å². The molecule has 0 saturated heterocycles. The van der Waals surface area contributed by atoms with Crippen LogP contribution >= 0.6 is 0 Å². The zero-order valence-electron chi connectivity index (χ0n) is 10.7. The molecule has 0 aliphatic rings. The number of hydrogen-bond donors (Lipinski definition) is 1. The van der Waals surface area contributed by atoms with E-state index in [-0.39, 0.29) is 12.8 Å². The van der Waals surface area contributed by atoms with Gasteiger partial charge in [-0.3, -0.25) is 0 Å². The number of nitrogens with one attached hydrogen (secondary N) is 1. The Bertz CT molecular complexity index is 482. The highest BCUT2D eigenvalue weighted by molar-refractivity contribution is 5.48. The van der Waals surface area contributed by atoms with Gasteiger partial charge in [0.1, 0.15) is 5.69 Å². The molecular weight excluding hydrogens is 310 g/mol. The van der Waals surface area contributed by atoms with Crippen molar-refractivity contribution in [3.05, 3.63) is 29.1 Å². The first-order chi connectivity index (χ1) is 9.54. The molecule has 0 radical (unpaired) electrons. The topological polar surface area (TPSA) is 12.0 Å². The molecule has 1 rings (SSSR count). The number of anilines is 1. The molecule has 0 heterocycles. The van der Waals surface area contributed by atoms with Crippen molar-refractivity contribution in [3.8, 4) is 0 Å². The van der Waals surface area contributed by atoms with Crippen LogP contribution in [0.2, 0.25) is 0 Å². The maximum absolute atomic E-state index is 13.3. The van der Waals surface area contributed by atoms with Crippen LogP contribution < -0.4 is 5.32 Å². The van der Waals surface area contributed by atoms with Gasteiger partial charge in [0.25, 0.3) is 0 Å². The zero-order chi connectivity index (χ0) is 16.4. The van der Waals surface area contributed by atoms with Crippen molar-refractivity contribution in [2.75, 3.05) is 5.32 Å². The fourth-order valence-electron chi connectivity index (χ4n) is 1.66. The molecule has 21 heavy (non-hydrogen) atoms. The fourth-order valence-corrected chi connectivity index (χ4v) is 1.66. The number of halogens is 8. The summed E-state index contributed by atoms with van der Waals surface area (Å²) in [6, 6.07) is -0.902. The fraction of sp³-hybridized carbons (Fsp3) is 0.500. The van der Waals surface area contributed by atoms with Gasteiger partial charge < -0.3 is 5.32 Å². The first kappa shape index (κ1) is 17.5. The highest BCUT2D eigenvalue weighted by atomic mass is 19.4. The third-order valence-corrected chi connectivity index (χ3v) is 2.70. The van der Waals surface area contributed by atoms with Crippen LogP contribution in [0.4, 0.5) is 40.8 Å². The van der Waals surface area contributed by atoms with Gasteiger partial charge in [-0.1, -0.05) is 0 Å². The lowest BCUT2D eigenvalue weighted by atomic mass is 10.1. The number of rotatable bonds is 5. The van der Waals surface area contributed by atoms with Crippen LogP contribution in [0.3, 0.4) is 0 Å². The maximum atomic E-state index is 13.3. The quantitative estimate of drug-likeness (QED) is 0.461. The molecule has 1 nitrogen and oxygen atoms in total. The zero-order valence-corrected chi connectivity index (χ0v) is 10.7. The Balaban J connectivity index is 2.79. The van der Waals surface area contributed by atoms with Crippen LogP contribution in [0, 0.1) is 29.1 Å². The average molecular weight is 321 g/mol. The van der Waals surface area contributed by atoms with Crippen molar-refractivity contribution in [3.63, 3.8) is 0 Å². The molecule has 0 fully saturated rings. The summed E-state index contributed by atoms with van der Waals surface area (Å²) in [7, 11) is 0. The van der Waals surface area contributed by atoms with Gasteiger partial charge in [-0.25, -0.2) is 22.0 Å². The summed E-state index contributed by atoms with van der Waals surface area (Å²) in [6.45, 7) is 1.27. The predicted octanol–water partition coefficient (Wildman–Crippen LogP) is 4.92. The average Bonchev–Trinajstić information content (AvgIpc) is 2.38. The Hall–Kier alpha value is -1.54. The van der Waals surface area contributed by atoms with E-state index in [1.165, 1.54) is 6.92 Å². The van der Waals surface area contributed by atoms with Gasteiger partial charge in [-0.15, -0.1) is 0 Å². The minimum Gasteiger partial charge on any atom is -0.378 e. The van der Waals surface area contributed by atoms with E-state index in [9.17, 15) is 35.1 Å². The lowest BCUT2D eigenvalue weighted by Crippen LogP contribution is -2.20. The van der Waals surface area contributed by atoms with E-state index in [0.717, 1.165) is 0 Å². The monoisotopic (exact) mass is 321 g/mol. The van der Waals surface area contributed by atoms with Gasteiger partial charge in [-0.05, 0) is 19.8 Å². The Morgan fingerprint density at radius 2 is 1.29 bits per heavy atom. The van der Waals surface area contributed by atoms with Crippen LogP contribution in [0.5, 0.6) is 0 Å². The first-order valence-electron chi connectivity index (χ1n) is 5.89. The highest BCUT2D eigenvalue weighted by Crippen LogP contribution is 2.28. The van der Waals surface area contributed by atoms with Gasteiger partial charge in [0.15, 0.2) is 23.3 Å². The molecule has 1 unspecified atom stereocenters. The van der Waals surface area contributed by atoms with Gasteiger partial charge in [-0.2, -0.15) is 13.2 Å². The summed E-state index contributed by atoms with van der Waals surface area (Å²) in [5.41, 5.74) is -1.24. The minimum atomic E-state index is -4.37. The molecule has 1 N–H and O–H groups in total. The molecule has 0 spiro atoms. The summed E-state index contributed by atoms with van der Waals surface area (Å²) in [6.07, 6.45) is -5.97. The largest absolute Gasteiger partial charge is 0.389 e. The molecule has 120 valence electrons. The van der Waals surface area contributed by atoms with E-state index in [4.69, 9.17) is 0 Å². The lowest BCUT2D eigenvalue weighted by molar-refractivity contribution is -0.135. The summed E-state index contributed by atoms with van der Waals surface area (Å²) in [5, 5.41) is 2.01. The Kier molecular flexibility index (Phi) is 5.41. The molecule has 1 aromatic carbocycles. The molecule has 0 bridgehead atoms. The molecule has 0 amide bonds. The summed E-state index contributed by atoms with van der Waals surface area (Å²) in [5.74, 6) is -10.6. The third-order valence-electron chi connectivity index (χ3n) is 2.70. The highest BCUT2D eigenvalue weighted by Gasteiger charge is 2.28. The van der Waals surface area contributed by atoms with Crippen molar-refractivity contribution >= 4 is 5.69 Å². The molecule has 1 aromatic rings. The van der Waals surface area contributed by atoms with E-state index in [2.05, 4.69) is 0 Å². The molecule has 1 atom stereocenters. The van der Waals surface area contributed by atoms with Crippen LogP contribution in [0.25, 0.3) is 0 Å². The minimum absolute atomic E-state index is 0.154. The predicted molar refractivity (Wildman–Crippen MR) is 59.2 cm³/mol. The van der Waals surface area contributed by atoms with Crippen LogP contribution in [0.15, 0.2) is 0 Å². The number of benzene rings is 1. The third kappa shape index (κ3) is 4.47. The Morgan fingerprint density at radius 3 is 1.71 bits per heavy atom. The number of alkyl halides is 3. The smallest absolute Gasteiger partial charge is 0.378 e. The SMILES string of the molecule is CC(CCCC(F)(F)F)Nc1c(F)c(F)c(F)c(F)c1F. The summed E-state index contributed by atoms with van der Waals surface area (Å²) < 4.78 is 101. The molecule has 0 aliphatic heterocycles. The second-order valence-electron chi connectivity index (χ2n) is 4.50. The first-order valence-corrected chi connectivity index (χ1v) is 5.89. The normalized spacial score (nSPS) is 13.4. The Labute approximate surface area is 114 Å². The van der Waals surface area contributed by atoms with Crippen LogP contribution in [-0.2, 0) is 0 Å². The van der Waals surface area contributed by atoms with Crippen molar-refractivity contribution in [2.45, 2.75) is 38.4 Å². The molecule has 0 aliphatic carbocycles. The molecule has 0 saturated carbocycles. The van der Waals surface area contributed by atoms with Gasteiger partial charge in [0.05, 0.1) is 0 Å². The Morgan fingerprint density at radius 1 is 0.857 bits per heavy atom. The summed E-state index contributed by atoms with van der Waals surface area (Å²) in [4.78, 5) is 0. The van der Waals surface area contributed by atoms with E-state index >= 15 is 0 Å². The molecular formula is C12H11F8N. The maximum Gasteiger partial charge on any atom is 0.389 e. The summed E-state index contributed by atoms with van der Waals surface area (Å²) >= 11 is 0.